The predicted molar refractivity (Wildman–Crippen MR) is 136 cm³/mol. The minimum absolute atomic E-state index is 0.0104. The van der Waals surface area contributed by atoms with Gasteiger partial charge in [-0.2, -0.15) is 0 Å². The first-order valence-corrected chi connectivity index (χ1v) is 12.9. The van der Waals surface area contributed by atoms with Crippen LogP contribution in [0.25, 0.3) is 10.8 Å². The minimum Gasteiger partial charge on any atom is -0.466 e. The molecule has 2 aliphatic heterocycles. The van der Waals surface area contributed by atoms with E-state index in [1.165, 1.54) is 4.90 Å². The number of likely N-dealkylation sites (tertiary alicyclic amines) is 2. The molecule has 2 aliphatic rings. The van der Waals surface area contributed by atoms with Gasteiger partial charge in [0.25, 0.3) is 5.91 Å². The Balaban J connectivity index is 1.29. The molecule has 4 rings (SSSR count). The van der Waals surface area contributed by atoms with Gasteiger partial charge in [0.1, 0.15) is 0 Å². The zero-order chi connectivity index (χ0) is 25.7. The molecular weight excluding hydrogens is 458 g/mol. The number of hydrogen-bond acceptors (Lipinski definition) is 5. The fraction of sp³-hybridized carbons (Fsp3) is 0.500. The van der Waals surface area contributed by atoms with Gasteiger partial charge in [-0.15, -0.1) is 0 Å². The summed E-state index contributed by atoms with van der Waals surface area (Å²) in [5, 5.41) is 1.96. The summed E-state index contributed by atoms with van der Waals surface area (Å²) in [5.41, 5.74) is 0.684. The summed E-state index contributed by atoms with van der Waals surface area (Å²) in [6, 6.07) is 13.6. The molecule has 2 saturated heterocycles. The second-order valence-electron chi connectivity index (χ2n) is 9.72. The SMILES string of the molecule is CCOC(=O)C1CCCN(C(=O)CN(C)C(=O)C2CCN(C(=O)c3cccc4ccccc34)CC2)C1. The van der Waals surface area contributed by atoms with Crippen LogP contribution in [0.3, 0.4) is 0 Å². The van der Waals surface area contributed by atoms with Crippen molar-refractivity contribution >= 4 is 34.5 Å². The normalized spacial score (nSPS) is 18.7. The molecule has 0 bridgehead atoms. The number of carbonyl (C=O) groups excluding carboxylic acids is 4. The average Bonchev–Trinajstić information content (AvgIpc) is 2.92. The Morgan fingerprint density at radius 3 is 2.39 bits per heavy atom. The molecule has 8 heteroatoms. The zero-order valence-electron chi connectivity index (χ0n) is 21.2. The standard InChI is InChI=1S/C28H35N3O5/c1-3-36-28(35)22-10-7-15-31(18-22)25(32)19-29(2)26(33)21-13-16-30(17-14-21)27(34)24-12-6-9-20-8-4-5-11-23(20)24/h4-6,8-9,11-12,21-22H,3,7,10,13-19H2,1-2H3. The molecule has 0 spiro atoms. The van der Waals surface area contributed by atoms with E-state index in [0.29, 0.717) is 57.6 Å². The topological polar surface area (TPSA) is 87.2 Å². The number of likely N-dealkylation sites (N-methyl/N-ethyl adjacent to an activating group) is 1. The molecule has 3 amide bonds. The lowest BCUT2D eigenvalue weighted by molar-refractivity contribution is -0.152. The summed E-state index contributed by atoms with van der Waals surface area (Å²) < 4.78 is 5.11. The molecule has 0 aromatic heterocycles. The van der Waals surface area contributed by atoms with Gasteiger partial charge < -0.3 is 19.4 Å². The van der Waals surface area contributed by atoms with Gasteiger partial charge in [-0.3, -0.25) is 19.2 Å². The highest BCUT2D eigenvalue weighted by atomic mass is 16.5. The first-order valence-electron chi connectivity index (χ1n) is 12.9. The lowest BCUT2D eigenvalue weighted by Gasteiger charge is -2.35. The number of piperidine rings is 2. The molecule has 1 atom stereocenters. The van der Waals surface area contributed by atoms with Crippen molar-refractivity contribution in [3.8, 4) is 0 Å². The summed E-state index contributed by atoms with van der Waals surface area (Å²) >= 11 is 0. The summed E-state index contributed by atoms with van der Waals surface area (Å²) in [7, 11) is 1.65. The fourth-order valence-corrected chi connectivity index (χ4v) is 5.26. The van der Waals surface area contributed by atoms with Gasteiger partial charge in [-0.05, 0) is 49.4 Å². The Morgan fingerprint density at radius 2 is 1.64 bits per heavy atom. The number of benzene rings is 2. The lowest BCUT2D eigenvalue weighted by Crippen LogP contribution is -2.49. The third-order valence-corrected chi connectivity index (χ3v) is 7.29. The lowest BCUT2D eigenvalue weighted by atomic mass is 9.94. The zero-order valence-corrected chi connectivity index (χ0v) is 21.2. The van der Waals surface area contributed by atoms with Crippen LogP contribution >= 0.6 is 0 Å². The van der Waals surface area contributed by atoms with Crippen LogP contribution in [0.1, 0.15) is 43.0 Å². The maximum absolute atomic E-state index is 13.2. The molecule has 0 N–H and O–H groups in total. The van der Waals surface area contributed by atoms with Crippen molar-refractivity contribution < 1.29 is 23.9 Å². The van der Waals surface area contributed by atoms with E-state index in [4.69, 9.17) is 4.74 Å². The van der Waals surface area contributed by atoms with E-state index in [2.05, 4.69) is 0 Å². The molecule has 2 aromatic carbocycles. The molecule has 1 unspecified atom stereocenters. The van der Waals surface area contributed by atoms with Crippen molar-refractivity contribution in [3.05, 3.63) is 48.0 Å². The Labute approximate surface area is 212 Å². The average molecular weight is 494 g/mol. The van der Waals surface area contributed by atoms with Crippen LogP contribution in [0.2, 0.25) is 0 Å². The van der Waals surface area contributed by atoms with E-state index in [1.54, 1.807) is 18.9 Å². The highest BCUT2D eigenvalue weighted by Crippen LogP contribution is 2.25. The first-order chi connectivity index (χ1) is 17.4. The smallest absolute Gasteiger partial charge is 0.310 e. The van der Waals surface area contributed by atoms with E-state index in [0.717, 1.165) is 17.2 Å². The Kier molecular flexibility index (Phi) is 8.23. The van der Waals surface area contributed by atoms with Crippen molar-refractivity contribution in [1.29, 1.82) is 0 Å². The van der Waals surface area contributed by atoms with Crippen molar-refractivity contribution in [2.75, 3.05) is 46.4 Å². The number of carbonyl (C=O) groups is 4. The number of esters is 1. The molecular formula is C28H35N3O5. The highest BCUT2D eigenvalue weighted by Gasteiger charge is 2.33. The third-order valence-electron chi connectivity index (χ3n) is 7.29. The molecule has 192 valence electrons. The maximum atomic E-state index is 13.2. The Hall–Kier alpha value is -3.42. The van der Waals surface area contributed by atoms with Gasteiger partial charge in [0.15, 0.2) is 0 Å². The van der Waals surface area contributed by atoms with Gasteiger partial charge in [0.2, 0.25) is 11.8 Å². The molecule has 0 radical (unpaired) electrons. The van der Waals surface area contributed by atoms with Crippen molar-refractivity contribution in [2.45, 2.75) is 32.6 Å². The molecule has 0 saturated carbocycles. The quantitative estimate of drug-likeness (QED) is 0.578. The number of ether oxygens (including phenoxy) is 1. The number of fused-ring (bicyclic) bond motifs is 1. The molecule has 2 fully saturated rings. The number of nitrogens with zero attached hydrogens (tertiary/aromatic N) is 3. The van der Waals surface area contributed by atoms with Crippen LogP contribution in [-0.4, -0.2) is 84.8 Å². The van der Waals surface area contributed by atoms with E-state index >= 15 is 0 Å². The van der Waals surface area contributed by atoms with Crippen LogP contribution in [0, 0.1) is 11.8 Å². The second-order valence-corrected chi connectivity index (χ2v) is 9.72. The van der Waals surface area contributed by atoms with Crippen molar-refractivity contribution in [3.63, 3.8) is 0 Å². The van der Waals surface area contributed by atoms with Gasteiger partial charge in [0, 0.05) is 44.7 Å². The van der Waals surface area contributed by atoms with Crippen molar-refractivity contribution in [2.24, 2.45) is 11.8 Å². The second kappa shape index (κ2) is 11.5. The molecule has 2 aromatic rings. The van der Waals surface area contributed by atoms with E-state index < -0.39 is 0 Å². The maximum Gasteiger partial charge on any atom is 0.310 e. The fourth-order valence-electron chi connectivity index (χ4n) is 5.26. The molecule has 8 nitrogen and oxygen atoms in total. The molecule has 0 aliphatic carbocycles. The van der Waals surface area contributed by atoms with Crippen LogP contribution < -0.4 is 0 Å². The van der Waals surface area contributed by atoms with Crippen LogP contribution in [0.4, 0.5) is 0 Å². The van der Waals surface area contributed by atoms with Gasteiger partial charge in [-0.1, -0.05) is 36.4 Å². The van der Waals surface area contributed by atoms with E-state index in [1.807, 2.05) is 47.4 Å². The largest absolute Gasteiger partial charge is 0.466 e. The van der Waals surface area contributed by atoms with E-state index in [9.17, 15) is 19.2 Å². The number of rotatable bonds is 6. The van der Waals surface area contributed by atoms with Crippen LogP contribution in [0.5, 0.6) is 0 Å². The minimum atomic E-state index is -0.299. The Morgan fingerprint density at radius 1 is 0.917 bits per heavy atom. The monoisotopic (exact) mass is 493 g/mol. The summed E-state index contributed by atoms with van der Waals surface area (Å²) in [4.78, 5) is 56.2. The molecule has 36 heavy (non-hydrogen) atoms. The highest BCUT2D eigenvalue weighted by molar-refractivity contribution is 6.07. The Bertz CT molecular complexity index is 1120. The summed E-state index contributed by atoms with van der Waals surface area (Å²) in [6.45, 7) is 4.03. The van der Waals surface area contributed by atoms with Gasteiger partial charge in [-0.25, -0.2) is 0 Å². The summed E-state index contributed by atoms with van der Waals surface area (Å²) in [6.07, 6.45) is 2.61. The van der Waals surface area contributed by atoms with Crippen LogP contribution in [0.15, 0.2) is 42.5 Å². The van der Waals surface area contributed by atoms with Crippen molar-refractivity contribution in [1.82, 2.24) is 14.7 Å². The van der Waals surface area contributed by atoms with Gasteiger partial charge >= 0.3 is 5.97 Å². The summed E-state index contributed by atoms with van der Waals surface area (Å²) in [5.74, 6) is -1.00. The molecule has 2 heterocycles. The number of amides is 3. The predicted octanol–water partition coefficient (Wildman–Crippen LogP) is 2.95. The first kappa shape index (κ1) is 25.7. The van der Waals surface area contributed by atoms with E-state index in [-0.39, 0.29) is 42.1 Å². The third kappa shape index (κ3) is 5.69. The van der Waals surface area contributed by atoms with Crippen LogP contribution in [-0.2, 0) is 19.1 Å². The number of hydrogen-bond donors (Lipinski definition) is 0. The van der Waals surface area contributed by atoms with Gasteiger partial charge in [0.05, 0.1) is 19.1 Å².